The molecule has 3 N–H and O–H groups in total. The molecule has 23 heteroatoms. The molecule has 18 nitrogen and oxygen atoms in total. The van der Waals surface area contributed by atoms with E-state index in [0.29, 0.717) is 79.7 Å². The molecule has 14 aromatic carbocycles. The Bertz CT molecular complexity index is 6030. The zero-order chi connectivity index (χ0) is 77.2. The van der Waals surface area contributed by atoms with E-state index in [1.165, 1.54) is 170 Å². The molecular weight excluding hydrogens is 1480 g/mol. The number of ketones is 2. The van der Waals surface area contributed by atoms with E-state index in [-0.39, 0.29) is 46.7 Å². The van der Waals surface area contributed by atoms with E-state index in [4.69, 9.17) is 41.2 Å². The molecule has 110 heavy (non-hydrogen) atoms. The monoisotopic (exact) mass is 1540 g/mol. The average molecular weight is 1540 g/mol. The highest BCUT2D eigenvalue weighted by Gasteiger charge is 2.38. The molecule has 0 bridgehead atoms. The standard InChI is InChI=1S/C87H59FO14S3.H2O4S/c88-67-23-11-59(12-24-67)85(90)60-13-27-69(28-14-60)98-72-33-19-65(20-34-72)87(63-7-3-1-4-8-63,64-9-5-2-6-10-64)66-21-35-73(36-22-66)99-70-29-15-61(16-30-70)86(91)62-17-31-71(32-18-62)100-74-37-51-81(52-38-74)104(94,95)82-53-43-77(44-54-82)102-78-45-57-84(58-46-78)105(96,97)83-55-41-76(42-56-83)101-75-39-49-80(50-40-75)103(92,93)79-47-25-68(89)26-48-79;1-5(2,3)4/h1-58,89H;(H2,1,2,3,4). The summed E-state index contributed by atoms with van der Waals surface area (Å²) in [5.41, 5.74) is 4.96. The van der Waals surface area contributed by atoms with Gasteiger partial charge in [0, 0.05) is 22.3 Å². The smallest absolute Gasteiger partial charge is 0.394 e. The van der Waals surface area contributed by atoms with Crippen molar-refractivity contribution < 1.29 is 85.5 Å². The Labute approximate surface area is 633 Å². The van der Waals surface area contributed by atoms with Crippen molar-refractivity contribution in [2.75, 3.05) is 0 Å². The van der Waals surface area contributed by atoms with Crippen LogP contribution < -0.4 is 23.7 Å². The number of carbonyl (C=O) groups excluding carboxylic acids is 2. The maximum Gasteiger partial charge on any atom is 0.394 e. The Kier molecular flexibility index (Phi) is 21.9. The number of benzene rings is 14. The van der Waals surface area contributed by atoms with Crippen LogP contribution in [0.2, 0.25) is 0 Å². The van der Waals surface area contributed by atoms with Crippen LogP contribution in [0, 0.1) is 5.82 Å². The predicted octanol–water partition coefficient (Wildman–Crippen LogP) is 19.2. The van der Waals surface area contributed by atoms with Crippen LogP contribution in [-0.4, -0.2) is 59.4 Å². The van der Waals surface area contributed by atoms with Crippen LogP contribution in [0.15, 0.2) is 381 Å². The molecule has 14 rings (SSSR count). The van der Waals surface area contributed by atoms with Gasteiger partial charge in [-0.25, -0.2) is 29.6 Å². The minimum Gasteiger partial charge on any atom is -0.508 e. The fraction of sp³-hybridized carbons (Fsp3) is 0.0115. The molecule has 0 spiro atoms. The molecular formula is C87H61FO18S4. The molecule has 0 aliphatic heterocycles. The van der Waals surface area contributed by atoms with E-state index < -0.39 is 51.1 Å². The lowest BCUT2D eigenvalue weighted by atomic mass is 9.65. The minimum absolute atomic E-state index is 0.000821. The predicted molar refractivity (Wildman–Crippen MR) is 409 cm³/mol. The number of ether oxygens (including phenoxy) is 5. The van der Waals surface area contributed by atoms with Gasteiger partial charge in [0.1, 0.15) is 69.1 Å². The summed E-state index contributed by atoms with van der Waals surface area (Å²) >= 11 is 0. The second-order valence-corrected chi connectivity index (χ2v) is 31.3. The third kappa shape index (κ3) is 17.5. The summed E-state index contributed by atoms with van der Waals surface area (Å²) in [5, 5.41) is 9.54. The molecule has 0 aliphatic rings. The molecule has 548 valence electrons. The fourth-order valence-corrected chi connectivity index (χ4v) is 15.8. The van der Waals surface area contributed by atoms with Gasteiger partial charge in [-0.2, -0.15) is 8.42 Å². The van der Waals surface area contributed by atoms with Crippen molar-refractivity contribution in [1.82, 2.24) is 0 Å². The molecule has 0 radical (unpaired) electrons. The molecule has 14 aromatic rings. The van der Waals surface area contributed by atoms with Gasteiger partial charge >= 0.3 is 10.4 Å². The summed E-state index contributed by atoms with van der Waals surface area (Å²) < 4.78 is 156. The number of hydrogen-bond acceptors (Lipinski definition) is 16. The summed E-state index contributed by atoms with van der Waals surface area (Å²) in [6, 6.07) is 96.5. The van der Waals surface area contributed by atoms with Crippen molar-refractivity contribution in [3.63, 3.8) is 0 Å². The number of halogens is 1. The Hall–Kier alpha value is -13.1. The quantitative estimate of drug-likeness (QED) is 0.0288. The lowest BCUT2D eigenvalue weighted by Gasteiger charge is -2.37. The number of rotatable bonds is 24. The van der Waals surface area contributed by atoms with Gasteiger partial charge in [-0.3, -0.25) is 18.7 Å². The van der Waals surface area contributed by atoms with Gasteiger partial charge in [0.25, 0.3) is 0 Å². The molecule has 0 heterocycles. The summed E-state index contributed by atoms with van der Waals surface area (Å²) in [5.74, 6) is 3.36. The third-order valence-electron chi connectivity index (χ3n) is 17.4. The van der Waals surface area contributed by atoms with Crippen LogP contribution in [-0.2, 0) is 45.3 Å². The summed E-state index contributed by atoms with van der Waals surface area (Å²) in [6.07, 6.45) is 0. The van der Waals surface area contributed by atoms with E-state index >= 15 is 0 Å². The fourth-order valence-electron chi connectivity index (χ4n) is 12.0. The van der Waals surface area contributed by atoms with Crippen LogP contribution in [0.25, 0.3) is 0 Å². The second-order valence-electron chi connectivity index (χ2n) is 24.6. The van der Waals surface area contributed by atoms with E-state index in [9.17, 15) is 44.3 Å². The first-order valence-electron chi connectivity index (χ1n) is 33.5. The van der Waals surface area contributed by atoms with Crippen molar-refractivity contribution in [2.45, 2.75) is 34.8 Å². The van der Waals surface area contributed by atoms with Crippen molar-refractivity contribution >= 4 is 51.5 Å². The Morgan fingerprint density at radius 1 is 0.245 bits per heavy atom. The Morgan fingerprint density at radius 3 is 0.636 bits per heavy atom. The topological polar surface area (TPSA) is 278 Å². The van der Waals surface area contributed by atoms with Crippen molar-refractivity contribution in [2.24, 2.45) is 0 Å². The van der Waals surface area contributed by atoms with E-state index in [1.807, 2.05) is 60.7 Å². The van der Waals surface area contributed by atoms with E-state index in [2.05, 4.69) is 48.5 Å². The van der Waals surface area contributed by atoms with Crippen LogP contribution in [0.3, 0.4) is 0 Å². The molecule has 0 saturated heterocycles. The summed E-state index contributed by atoms with van der Waals surface area (Å²) in [7, 11) is -16.5. The average Bonchev–Trinajstić information content (AvgIpc) is 0.734. The van der Waals surface area contributed by atoms with Gasteiger partial charge in [0.15, 0.2) is 11.6 Å². The SMILES string of the molecule is O=C(c1ccc(F)cc1)c1ccc(Oc2ccc(C(c3ccccc3)(c3ccccc3)c3ccc(Oc4ccc(C(=O)c5ccc(Oc6ccc(S(=O)(=O)c7ccc(Oc8ccc(S(=O)(=O)c9ccc(Oc%10ccc(S(=O)(=O)c%11ccc(O)cc%11)cc%10)cc9)cc8)cc7)cc6)cc5)cc4)cc3)cc2)cc1.O=S(=O)(O)O. The molecule has 0 unspecified atom stereocenters. The van der Waals surface area contributed by atoms with Crippen molar-refractivity contribution in [3.05, 3.63) is 402 Å². The molecule has 0 aliphatic carbocycles. The van der Waals surface area contributed by atoms with E-state index in [1.54, 1.807) is 72.8 Å². The number of carbonyl (C=O) groups is 2. The maximum absolute atomic E-state index is 13.8. The van der Waals surface area contributed by atoms with Gasteiger partial charge in [-0.05, 0) is 289 Å². The zero-order valence-electron chi connectivity index (χ0n) is 57.5. The second kappa shape index (κ2) is 32.1. The van der Waals surface area contributed by atoms with Gasteiger partial charge in [-0.15, -0.1) is 0 Å². The summed E-state index contributed by atoms with van der Waals surface area (Å²) in [6.45, 7) is 0. The van der Waals surface area contributed by atoms with Crippen molar-refractivity contribution in [3.8, 4) is 63.2 Å². The molecule has 0 aromatic heterocycles. The zero-order valence-corrected chi connectivity index (χ0v) is 60.7. The van der Waals surface area contributed by atoms with Gasteiger partial charge in [-0.1, -0.05) is 84.9 Å². The third-order valence-corrected chi connectivity index (χ3v) is 22.8. The highest BCUT2D eigenvalue weighted by atomic mass is 32.3. The Morgan fingerprint density at radius 2 is 0.418 bits per heavy atom. The molecule has 0 saturated carbocycles. The number of phenols is 1. The van der Waals surface area contributed by atoms with Crippen LogP contribution in [0.4, 0.5) is 4.39 Å². The van der Waals surface area contributed by atoms with E-state index in [0.717, 1.165) is 22.3 Å². The van der Waals surface area contributed by atoms with Gasteiger partial charge in [0.05, 0.1) is 34.8 Å². The largest absolute Gasteiger partial charge is 0.508 e. The van der Waals surface area contributed by atoms with Crippen LogP contribution in [0.1, 0.15) is 54.1 Å². The highest BCUT2D eigenvalue weighted by molar-refractivity contribution is 7.92. The number of sulfone groups is 3. The van der Waals surface area contributed by atoms with Crippen LogP contribution >= 0.6 is 0 Å². The first-order valence-corrected chi connectivity index (χ1v) is 39.3. The number of phenolic OH excluding ortho intramolecular Hbond substituents is 1. The Balaban J connectivity index is 0.00000206. The lowest BCUT2D eigenvalue weighted by Crippen LogP contribution is -2.30. The maximum atomic E-state index is 13.8. The molecule has 0 atom stereocenters. The minimum atomic E-state index is -4.67. The number of aromatic hydroxyl groups is 1. The first-order chi connectivity index (χ1) is 52.8. The van der Waals surface area contributed by atoms with Gasteiger partial charge in [0.2, 0.25) is 29.5 Å². The molecule has 0 amide bonds. The first kappa shape index (κ1) is 75.1. The normalized spacial score (nSPS) is 11.6. The highest BCUT2D eigenvalue weighted by Crippen LogP contribution is 2.47. The summed E-state index contributed by atoms with van der Waals surface area (Å²) in [4.78, 5) is 26.9. The number of hydrogen-bond donors (Lipinski definition) is 3. The lowest BCUT2D eigenvalue weighted by molar-refractivity contribution is 0.103. The van der Waals surface area contributed by atoms with Crippen LogP contribution in [0.5, 0.6) is 63.2 Å². The van der Waals surface area contributed by atoms with Crippen molar-refractivity contribution in [1.29, 1.82) is 0 Å². The molecule has 0 fully saturated rings. The van der Waals surface area contributed by atoms with Gasteiger partial charge < -0.3 is 28.8 Å².